The van der Waals surface area contributed by atoms with Crippen molar-refractivity contribution >= 4 is 5.69 Å². The van der Waals surface area contributed by atoms with E-state index in [9.17, 15) is 0 Å². The summed E-state index contributed by atoms with van der Waals surface area (Å²) in [7, 11) is 3.47. The number of nitrogens with zero attached hydrogens (tertiary/aromatic N) is 1. The molecule has 1 aromatic rings. The highest BCUT2D eigenvalue weighted by molar-refractivity contribution is 5.49. The summed E-state index contributed by atoms with van der Waals surface area (Å²) in [6.07, 6.45) is 0.284. The van der Waals surface area contributed by atoms with E-state index < -0.39 is 0 Å². The maximum atomic E-state index is 5.85. The molecule has 1 saturated heterocycles. The summed E-state index contributed by atoms with van der Waals surface area (Å²) in [6, 6.07) is 8.48. The number of benzene rings is 1. The van der Waals surface area contributed by atoms with Crippen molar-refractivity contribution in [2.24, 2.45) is 5.73 Å². The van der Waals surface area contributed by atoms with Gasteiger partial charge in [-0.25, -0.2) is 0 Å². The fourth-order valence-electron chi connectivity index (χ4n) is 2.40. The minimum atomic E-state index is 0.0797. The van der Waals surface area contributed by atoms with Gasteiger partial charge in [0.2, 0.25) is 0 Å². The summed E-state index contributed by atoms with van der Waals surface area (Å²) in [5.41, 5.74) is 8.20. The summed E-state index contributed by atoms with van der Waals surface area (Å²) in [6.45, 7) is 3.73. The SMILES string of the molecule is COC1CN(c2ccc(C(C)N)cc2)CC1OC. The largest absolute Gasteiger partial charge is 0.377 e. The Hall–Kier alpha value is -1.10. The molecule has 1 aliphatic rings. The van der Waals surface area contributed by atoms with Gasteiger partial charge >= 0.3 is 0 Å². The summed E-state index contributed by atoms with van der Waals surface area (Å²) < 4.78 is 10.9. The zero-order valence-electron chi connectivity index (χ0n) is 11.3. The highest BCUT2D eigenvalue weighted by atomic mass is 16.5. The second-order valence-corrected chi connectivity index (χ2v) is 4.83. The summed E-state index contributed by atoms with van der Waals surface area (Å²) in [4.78, 5) is 2.29. The maximum Gasteiger partial charge on any atom is 0.102 e. The molecule has 0 amide bonds. The quantitative estimate of drug-likeness (QED) is 0.881. The van der Waals surface area contributed by atoms with E-state index in [0.717, 1.165) is 18.7 Å². The average Bonchev–Trinajstić information content (AvgIpc) is 2.82. The molecule has 0 aliphatic carbocycles. The first-order valence-corrected chi connectivity index (χ1v) is 6.31. The first kappa shape index (κ1) is 13.3. The molecule has 1 fully saturated rings. The Balaban J connectivity index is 2.08. The van der Waals surface area contributed by atoms with E-state index in [0.29, 0.717) is 0 Å². The van der Waals surface area contributed by atoms with Gasteiger partial charge in [-0.1, -0.05) is 12.1 Å². The number of nitrogens with two attached hydrogens (primary N) is 1. The van der Waals surface area contributed by atoms with Crippen LogP contribution in [0.5, 0.6) is 0 Å². The van der Waals surface area contributed by atoms with E-state index in [4.69, 9.17) is 15.2 Å². The third kappa shape index (κ3) is 2.66. The monoisotopic (exact) mass is 250 g/mol. The van der Waals surface area contributed by atoms with Crippen molar-refractivity contribution in [2.75, 3.05) is 32.2 Å². The molecule has 2 rings (SSSR count). The van der Waals surface area contributed by atoms with Crippen LogP contribution in [0.1, 0.15) is 18.5 Å². The Bertz CT molecular complexity index is 366. The molecule has 0 radical (unpaired) electrons. The molecule has 4 nitrogen and oxygen atoms in total. The smallest absolute Gasteiger partial charge is 0.102 e. The van der Waals surface area contributed by atoms with Crippen LogP contribution in [0.2, 0.25) is 0 Å². The van der Waals surface area contributed by atoms with E-state index in [2.05, 4.69) is 29.2 Å². The molecule has 0 bridgehead atoms. The van der Waals surface area contributed by atoms with E-state index >= 15 is 0 Å². The highest BCUT2D eigenvalue weighted by Gasteiger charge is 2.32. The van der Waals surface area contributed by atoms with Crippen LogP contribution in [0.25, 0.3) is 0 Å². The summed E-state index contributed by atoms with van der Waals surface area (Å²) in [5.74, 6) is 0. The Morgan fingerprint density at radius 3 is 2.00 bits per heavy atom. The van der Waals surface area contributed by atoms with Gasteiger partial charge < -0.3 is 20.1 Å². The van der Waals surface area contributed by atoms with Crippen LogP contribution in [0.3, 0.4) is 0 Å². The topological polar surface area (TPSA) is 47.7 Å². The van der Waals surface area contributed by atoms with Crippen LogP contribution in [0.4, 0.5) is 5.69 Å². The number of ether oxygens (including phenoxy) is 2. The van der Waals surface area contributed by atoms with Crippen molar-refractivity contribution < 1.29 is 9.47 Å². The van der Waals surface area contributed by atoms with Crippen LogP contribution in [-0.2, 0) is 9.47 Å². The second-order valence-electron chi connectivity index (χ2n) is 4.83. The van der Waals surface area contributed by atoms with Gasteiger partial charge in [0.05, 0.1) is 0 Å². The molecule has 18 heavy (non-hydrogen) atoms. The standard InChI is InChI=1S/C14H22N2O2/c1-10(15)11-4-6-12(7-5-11)16-8-13(17-2)14(9-16)18-3/h4-7,10,13-14H,8-9,15H2,1-3H3. The predicted molar refractivity (Wildman–Crippen MR) is 72.9 cm³/mol. The Morgan fingerprint density at radius 1 is 1.11 bits per heavy atom. The summed E-state index contributed by atoms with van der Waals surface area (Å²) in [5, 5.41) is 0. The fourth-order valence-corrected chi connectivity index (χ4v) is 2.40. The van der Waals surface area contributed by atoms with Crippen LogP contribution in [0.15, 0.2) is 24.3 Å². The lowest BCUT2D eigenvalue weighted by Gasteiger charge is -2.18. The Morgan fingerprint density at radius 2 is 1.61 bits per heavy atom. The average molecular weight is 250 g/mol. The summed E-state index contributed by atoms with van der Waals surface area (Å²) >= 11 is 0. The van der Waals surface area contributed by atoms with Crippen molar-refractivity contribution in [1.82, 2.24) is 0 Å². The molecule has 100 valence electrons. The van der Waals surface area contributed by atoms with E-state index in [-0.39, 0.29) is 18.2 Å². The normalized spacial score (nSPS) is 25.4. The molecule has 2 N–H and O–H groups in total. The molecule has 0 spiro atoms. The van der Waals surface area contributed by atoms with Crippen LogP contribution < -0.4 is 10.6 Å². The second kappa shape index (κ2) is 5.69. The van der Waals surface area contributed by atoms with Crippen LogP contribution >= 0.6 is 0 Å². The molecular weight excluding hydrogens is 228 g/mol. The lowest BCUT2D eigenvalue weighted by Crippen LogP contribution is -2.27. The molecule has 1 heterocycles. The zero-order chi connectivity index (χ0) is 13.1. The third-order valence-electron chi connectivity index (χ3n) is 3.60. The molecule has 0 aromatic heterocycles. The zero-order valence-corrected chi connectivity index (χ0v) is 11.3. The Labute approximate surface area is 109 Å². The number of hydrogen-bond donors (Lipinski definition) is 1. The van der Waals surface area contributed by atoms with Gasteiger partial charge in [0.15, 0.2) is 0 Å². The number of hydrogen-bond acceptors (Lipinski definition) is 4. The van der Waals surface area contributed by atoms with E-state index in [1.807, 2.05) is 6.92 Å². The van der Waals surface area contributed by atoms with E-state index in [1.54, 1.807) is 14.2 Å². The van der Waals surface area contributed by atoms with Gasteiger partial charge in [-0.15, -0.1) is 0 Å². The van der Waals surface area contributed by atoms with Crippen molar-refractivity contribution in [3.8, 4) is 0 Å². The van der Waals surface area contributed by atoms with Gasteiger partial charge in [-0.05, 0) is 24.6 Å². The molecule has 1 aromatic carbocycles. The number of methoxy groups -OCH3 is 2. The first-order valence-electron chi connectivity index (χ1n) is 6.31. The number of rotatable bonds is 4. The van der Waals surface area contributed by atoms with Gasteiger partial charge in [-0.2, -0.15) is 0 Å². The van der Waals surface area contributed by atoms with Gasteiger partial charge in [0.25, 0.3) is 0 Å². The van der Waals surface area contributed by atoms with Gasteiger partial charge in [0, 0.05) is 39.0 Å². The molecule has 3 unspecified atom stereocenters. The van der Waals surface area contributed by atoms with Crippen molar-refractivity contribution in [3.05, 3.63) is 29.8 Å². The highest BCUT2D eigenvalue weighted by Crippen LogP contribution is 2.24. The van der Waals surface area contributed by atoms with Crippen molar-refractivity contribution in [3.63, 3.8) is 0 Å². The molecule has 4 heteroatoms. The molecule has 1 aliphatic heterocycles. The van der Waals surface area contributed by atoms with Crippen molar-refractivity contribution in [1.29, 1.82) is 0 Å². The molecule has 0 saturated carbocycles. The van der Waals surface area contributed by atoms with E-state index in [1.165, 1.54) is 5.69 Å². The first-order chi connectivity index (χ1) is 8.65. The van der Waals surface area contributed by atoms with Gasteiger partial charge in [0.1, 0.15) is 12.2 Å². The maximum absolute atomic E-state index is 5.85. The molecule has 3 atom stereocenters. The predicted octanol–water partition coefficient (Wildman–Crippen LogP) is 1.56. The lowest BCUT2D eigenvalue weighted by molar-refractivity contribution is -0.00461. The van der Waals surface area contributed by atoms with Crippen LogP contribution in [-0.4, -0.2) is 39.5 Å². The minimum Gasteiger partial charge on any atom is -0.377 e. The lowest BCUT2D eigenvalue weighted by atomic mass is 10.1. The minimum absolute atomic E-state index is 0.0797. The molecular formula is C14H22N2O2. The van der Waals surface area contributed by atoms with Crippen molar-refractivity contribution in [2.45, 2.75) is 25.2 Å². The van der Waals surface area contributed by atoms with Gasteiger partial charge in [-0.3, -0.25) is 0 Å². The third-order valence-corrected chi connectivity index (χ3v) is 3.60. The van der Waals surface area contributed by atoms with Crippen LogP contribution in [0, 0.1) is 0 Å². The Kier molecular flexibility index (Phi) is 4.22. The number of anilines is 1. The fraction of sp³-hybridized carbons (Fsp3) is 0.571.